The molecule has 512 valence electrons. The van der Waals surface area contributed by atoms with Gasteiger partial charge in [-0.25, -0.2) is 0 Å². The maximum Gasteiger partial charge on any atom is 0.311 e. The molecule has 3 rings (SSSR count). The minimum absolute atomic E-state index is 0.0558. The fourth-order valence-corrected chi connectivity index (χ4v) is 13.2. The highest BCUT2D eigenvalue weighted by atomic mass is 33.1. The van der Waals surface area contributed by atoms with Crippen molar-refractivity contribution in [3.8, 4) is 11.5 Å². The summed E-state index contributed by atoms with van der Waals surface area (Å²) in [6.45, 7) is 15.4. The quantitative estimate of drug-likeness (QED) is 0.0202. The van der Waals surface area contributed by atoms with Gasteiger partial charge in [0.1, 0.15) is 17.6 Å². The van der Waals surface area contributed by atoms with Gasteiger partial charge < -0.3 is 38.2 Å². The van der Waals surface area contributed by atoms with E-state index in [9.17, 15) is 28.8 Å². The summed E-state index contributed by atoms with van der Waals surface area (Å²) in [6.07, 6.45) is 36.4. The number of nitrogens with zero attached hydrogens (tertiary/aromatic N) is 2. The van der Waals surface area contributed by atoms with Gasteiger partial charge in [0, 0.05) is 50.3 Å². The third-order valence-electron chi connectivity index (χ3n) is 17.1. The Hall–Kier alpha value is -4.12. The molecule has 0 saturated carbocycles. The molecule has 0 spiro atoms. The Kier molecular flexibility index (Phi) is 48.3. The molecular formula is C74H122N2O12S2. The molecule has 14 nitrogen and oxygen atoms in total. The van der Waals surface area contributed by atoms with E-state index < -0.39 is 5.97 Å². The van der Waals surface area contributed by atoms with Crippen molar-refractivity contribution in [1.29, 1.82) is 0 Å². The lowest BCUT2D eigenvalue weighted by Crippen LogP contribution is -2.35. The third kappa shape index (κ3) is 44.4. The number of unbranched alkanes of at least 4 members (excludes halogenated alkanes) is 20. The van der Waals surface area contributed by atoms with Crippen LogP contribution in [0, 0.1) is 11.8 Å². The lowest BCUT2D eigenvalue weighted by Gasteiger charge is -2.31. The Morgan fingerprint density at radius 1 is 0.467 bits per heavy atom. The zero-order valence-corrected chi connectivity index (χ0v) is 58.5. The van der Waals surface area contributed by atoms with Crippen molar-refractivity contribution in [1.82, 2.24) is 9.80 Å². The number of ether oxygens (including phenoxy) is 6. The smallest absolute Gasteiger partial charge is 0.311 e. The van der Waals surface area contributed by atoms with Crippen LogP contribution in [-0.4, -0.2) is 123 Å². The molecule has 0 aliphatic carbocycles. The number of esters is 6. The van der Waals surface area contributed by atoms with Crippen LogP contribution in [0.3, 0.4) is 0 Å². The summed E-state index contributed by atoms with van der Waals surface area (Å²) in [5.41, 5.74) is 1.61. The first-order chi connectivity index (χ1) is 43.8. The Morgan fingerprint density at radius 3 is 1.46 bits per heavy atom. The van der Waals surface area contributed by atoms with E-state index in [0.717, 1.165) is 158 Å². The molecule has 0 radical (unpaired) electrons. The van der Waals surface area contributed by atoms with E-state index in [4.69, 9.17) is 28.4 Å². The summed E-state index contributed by atoms with van der Waals surface area (Å²) in [5, 5.41) is 0. The minimum atomic E-state index is -0.406. The van der Waals surface area contributed by atoms with E-state index in [1.165, 1.54) is 96.3 Å². The molecule has 1 aliphatic heterocycles. The van der Waals surface area contributed by atoms with Crippen LogP contribution >= 0.6 is 21.6 Å². The lowest BCUT2D eigenvalue weighted by molar-refractivity contribution is -0.150. The van der Waals surface area contributed by atoms with E-state index >= 15 is 0 Å². The van der Waals surface area contributed by atoms with E-state index in [-0.39, 0.29) is 61.6 Å². The van der Waals surface area contributed by atoms with E-state index in [1.807, 2.05) is 33.7 Å². The zero-order valence-electron chi connectivity index (χ0n) is 56.9. The first-order valence-electron chi connectivity index (χ1n) is 35.8. The van der Waals surface area contributed by atoms with Crippen molar-refractivity contribution >= 4 is 57.4 Å². The average molecular weight is 1300 g/mol. The number of rotatable bonds is 57. The van der Waals surface area contributed by atoms with Crippen LogP contribution in [0.2, 0.25) is 0 Å². The van der Waals surface area contributed by atoms with Gasteiger partial charge in [-0.3, -0.25) is 28.8 Å². The van der Waals surface area contributed by atoms with Gasteiger partial charge in [0.2, 0.25) is 0 Å². The maximum absolute atomic E-state index is 12.8. The number of benzene rings is 2. The Morgan fingerprint density at radius 2 is 0.911 bits per heavy atom. The number of carbonyl (C=O) groups excluding carboxylic acids is 6. The number of hydrogen-bond donors (Lipinski definition) is 0. The van der Waals surface area contributed by atoms with Crippen molar-refractivity contribution < 1.29 is 57.2 Å². The molecule has 2 aromatic rings. The van der Waals surface area contributed by atoms with Gasteiger partial charge in [-0.1, -0.05) is 196 Å². The minimum Gasteiger partial charge on any atom is -0.466 e. The predicted molar refractivity (Wildman–Crippen MR) is 369 cm³/mol. The van der Waals surface area contributed by atoms with E-state index in [2.05, 4.69) is 44.5 Å². The van der Waals surface area contributed by atoms with E-state index in [0.29, 0.717) is 62.4 Å². The lowest BCUT2D eigenvalue weighted by atomic mass is 9.94. The normalized spacial score (nSPS) is 13.1. The molecule has 16 heteroatoms. The molecule has 0 amide bonds. The standard InChI is InChI=1S/C74H122N2O12S2/c1-6-9-12-15-18-24-29-55-83-69(77)35-30-36-72(80)88-68-43-39-64(40-44-68)60-73(81)84-56-48-62(4)45-50-75(5)53-58-89-90-59-54-76-51-46-63(47-52-76)49-57-85-74(82)61-65-37-41-67(42-38-65)87-71(79)34-28-23-19-22-27-33-70(78)86-66(31-25-20-16-13-10-7-2)32-26-21-17-14-11-8-3/h37-44,62-63,66H,6-36,45-61H2,1-5H3. The molecule has 90 heavy (non-hydrogen) atoms. The average Bonchev–Trinajstić information content (AvgIpc) is 3.49. The maximum atomic E-state index is 12.8. The van der Waals surface area contributed by atoms with Gasteiger partial charge in [-0.15, -0.1) is 0 Å². The highest BCUT2D eigenvalue weighted by Crippen LogP contribution is 2.26. The number of likely N-dealkylation sites (tertiary alicyclic amines) is 1. The zero-order chi connectivity index (χ0) is 64.9. The van der Waals surface area contributed by atoms with Crippen LogP contribution in [0.1, 0.15) is 270 Å². The highest BCUT2D eigenvalue weighted by Gasteiger charge is 2.21. The molecule has 1 aliphatic rings. The fraction of sp³-hybridized carbons (Fsp3) is 0.757. The number of hydrogen-bond acceptors (Lipinski definition) is 16. The van der Waals surface area contributed by atoms with Crippen LogP contribution in [0.4, 0.5) is 0 Å². The second-order valence-electron chi connectivity index (χ2n) is 25.4. The number of carbonyl (C=O) groups is 6. The van der Waals surface area contributed by atoms with Crippen LogP contribution < -0.4 is 9.47 Å². The molecular weight excluding hydrogens is 1170 g/mol. The largest absolute Gasteiger partial charge is 0.466 e. The molecule has 1 heterocycles. The Labute approximate surface area is 553 Å². The summed E-state index contributed by atoms with van der Waals surface area (Å²) in [5.74, 6) is 2.53. The van der Waals surface area contributed by atoms with Crippen LogP contribution in [-0.2, 0) is 60.6 Å². The summed E-state index contributed by atoms with van der Waals surface area (Å²) in [6, 6.07) is 14.0. The van der Waals surface area contributed by atoms with Crippen molar-refractivity contribution in [2.75, 3.05) is 71.1 Å². The molecule has 0 N–H and O–H groups in total. The first kappa shape index (κ1) is 80.1. The van der Waals surface area contributed by atoms with Crippen molar-refractivity contribution in [3.63, 3.8) is 0 Å². The van der Waals surface area contributed by atoms with Crippen molar-refractivity contribution in [3.05, 3.63) is 59.7 Å². The molecule has 0 aromatic heterocycles. The molecule has 0 bridgehead atoms. The summed E-state index contributed by atoms with van der Waals surface area (Å²) in [7, 11) is 6.06. The second kappa shape index (κ2) is 54.3. The van der Waals surface area contributed by atoms with Gasteiger partial charge >= 0.3 is 35.8 Å². The highest BCUT2D eigenvalue weighted by molar-refractivity contribution is 8.76. The van der Waals surface area contributed by atoms with Gasteiger partial charge in [-0.2, -0.15) is 0 Å². The molecule has 2 aromatic carbocycles. The molecule has 1 fully saturated rings. The molecule has 1 saturated heterocycles. The SMILES string of the molecule is CCCCCCCCCOC(=O)CCCC(=O)Oc1ccc(CC(=O)OCCC(C)CCN(C)CCSSCCN2CCC(CCOC(=O)Cc3ccc(OC(=O)CCCCCCCC(=O)OC(CCCCCCCC)CCCCCCCC)cc3)CC2)cc1. The fourth-order valence-electron chi connectivity index (χ4n) is 11.1. The Balaban J connectivity index is 1.11. The first-order valence-corrected chi connectivity index (χ1v) is 38.2. The van der Waals surface area contributed by atoms with Crippen LogP contribution in [0.25, 0.3) is 0 Å². The molecule has 1 atom stereocenters. The van der Waals surface area contributed by atoms with Crippen molar-refractivity contribution in [2.24, 2.45) is 11.8 Å². The monoisotopic (exact) mass is 1290 g/mol. The summed E-state index contributed by atoms with van der Waals surface area (Å²) >= 11 is 0. The predicted octanol–water partition coefficient (Wildman–Crippen LogP) is 17.8. The third-order valence-corrected chi connectivity index (χ3v) is 19.5. The van der Waals surface area contributed by atoms with Gasteiger partial charge in [0.05, 0.1) is 32.7 Å². The van der Waals surface area contributed by atoms with E-state index in [1.54, 1.807) is 36.4 Å². The Bertz CT molecular complexity index is 2140. The van der Waals surface area contributed by atoms with Gasteiger partial charge in [0.25, 0.3) is 0 Å². The van der Waals surface area contributed by atoms with Gasteiger partial charge in [0.15, 0.2) is 0 Å². The van der Waals surface area contributed by atoms with Crippen molar-refractivity contribution in [2.45, 2.75) is 278 Å². The second-order valence-corrected chi connectivity index (χ2v) is 28.1. The van der Waals surface area contributed by atoms with Crippen LogP contribution in [0.5, 0.6) is 11.5 Å². The van der Waals surface area contributed by atoms with Crippen LogP contribution in [0.15, 0.2) is 48.5 Å². The topological polar surface area (TPSA) is 164 Å². The summed E-state index contributed by atoms with van der Waals surface area (Å²) in [4.78, 5) is 79.8. The number of piperidine rings is 1. The molecule has 1 unspecified atom stereocenters. The van der Waals surface area contributed by atoms with Gasteiger partial charge in [-0.05, 0) is 157 Å². The summed E-state index contributed by atoms with van der Waals surface area (Å²) < 4.78 is 33.5.